The second-order valence-electron chi connectivity index (χ2n) is 10.5. The number of esters is 1. The minimum atomic E-state index is -0.439. The molecule has 0 aromatic carbocycles. The van der Waals surface area contributed by atoms with E-state index in [1.54, 1.807) is 21.7 Å². The second kappa shape index (κ2) is 12.3. The van der Waals surface area contributed by atoms with Crippen molar-refractivity contribution in [1.82, 2.24) is 14.6 Å². The van der Waals surface area contributed by atoms with Crippen LogP contribution in [0.1, 0.15) is 72.1 Å². The number of allylic oxidation sites excluding steroid dienone is 4. The summed E-state index contributed by atoms with van der Waals surface area (Å²) in [5.41, 5.74) is 9.27. The Hall–Kier alpha value is -3.50. The molecule has 0 spiro atoms. The average molecular weight is 564 g/mol. The Kier molecular flexibility index (Phi) is 8.66. The number of methoxy groups -OCH3 is 1. The minimum absolute atomic E-state index is 0.0461. The first-order chi connectivity index (χ1) is 19.4. The van der Waals surface area contributed by atoms with Crippen molar-refractivity contribution < 1.29 is 19.1 Å². The molecule has 1 fully saturated rings. The quantitative estimate of drug-likeness (QED) is 0.271. The zero-order valence-electron chi connectivity index (χ0n) is 23.3. The summed E-state index contributed by atoms with van der Waals surface area (Å²) in [7, 11) is 1.38. The van der Waals surface area contributed by atoms with Crippen molar-refractivity contribution in [1.29, 1.82) is 0 Å². The van der Waals surface area contributed by atoms with Crippen LogP contribution in [0.2, 0.25) is 0 Å². The fraction of sp³-hybridized carbons (Fsp3) is 0.467. The fourth-order valence-corrected chi connectivity index (χ4v) is 6.58. The monoisotopic (exact) mass is 563 g/mol. The molecule has 3 heterocycles. The summed E-state index contributed by atoms with van der Waals surface area (Å²) in [6, 6.07) is 5.64. The number of aromatic nitrogens is 3. The second-order valence-corrected chi connectivity index (χ2v) is 11.6. The Labute approximate surface area is 238 Å². The molecule has 10 heteroatoms. The molecule has 1 amide bonds. The standard InChI is InChI=1S/C30H37N5O4S/c1-4-39-16-15-34(29(36)22-7-5-19(2)6-8-22)24-18-25(40-28(24)30(37)38-3)21-11-9-20(10-12-21)23-17-27-32-14-13-26(31)35(27)33-23/h9,11-14,17-20,22H,4-8,10,15-16,31H2,1-3H3. The van der Waals surface area contributed by atoms with Crippen molar-refractivity contribution in [3.63, 3.8) is 0 Å². The van der Waals surface area contributed by atoms with Gasteiger partial charge in [0.15, 0.2) is 5.65 Å². The van der Waals surface area contributed by atoms with E-state index in [1.165, 1.54) is 18.4 Å². The number of carbonyl (C=O) groups is 2. The summed E-state index contributed by atoms with van der Waals surface area (Å²) in [6.07, 6.45) is 12.6. The zero-order valence-corrected chi connectivity index (χ0v) is 24.2. The summed E-state index contributed by atoms with van der Waals surface area (Å²) < 4.78 is 12.4. The lowest BCUT2D eigenvalue weighted by atomic mass is 9.82. The van der Waals surface area contributed by atoms with E-state index >= 15 is 0 Å². The van der Waals surface area contributed by atoms with Crippen LogP contribution in [0.15, 0.2) is 42.6 Å². The summed E-state index contributed by atoms with van der Waals surface area (Å²) in [6.45, 7) is 5.53. The highest BCUT2D eigenvalue weighted by atomic mass is 32.1. The highest BCUT2D eigenvalue weighted by molar-refractivity contribution is 7.15. The maximum atomic E-state index is 13.8. The molecule has 1 saturated carbocycles. The van der Waals surface area contributed by atoms with E-state index in [1.807, 2.05) is 19.1 Å². The van der Waals surface area contributed by atoms with Crippen LogP contribution in [-0.4, -0.2) is 53.3 Å². The van der Waals surface area contributed by atoms with Gasteiger partial charge < -0.3 is 20.1 Å². The molecule has 212 valence electrons. The summed E-state index contributed by atoms with van der Waals surface area (Å²) in [4.78, 5) is 34.2. The lowest BCUT2D eigenvalue weighted by molar-refractivity contribution is -0.123. The van der Waals surface area contributed by atoms with E-state index in [-0.39, 0.29) is 17.7 Å². The van der Waals surface area contributed by atoms with Gasteiger partial charge in [-0.1, -0.05) is 25.2 Å². The van der Waals surface area contributed by atoms with Crippen molar-refractivity contribution in [2.75, 3.05) is 37.5 Å². The third-order valence-corrected chi connectivity index (χ3v) is 8.99. The fourth-order valence-electron chi connectivity index (χ4n) is 5.48. The molecule has 1 atom stereocenters. The molecule has 2 aliphatic carbocycles. The highest BCUT2D eigenvalue weighted by Crippen LogP contribution is 2.40. The predicted octanol–water partition coefficient (Wildman–Crippen LogP) is 5.48. The number of amides is 1. The van der Waals surface area contributed by atoms with Crippen LogP contribution >= 0.6 is 11.3 Å². The van der Waals surface area contributed by atoms with Crippen molar-refractivity contribution in [2.45, 2.75) is 51.9 Å². The van der Waals surface area contributed by atoms with Crippen LogP contribution in [0.25, 0.3) is 11.2 Å². The Bertz CT molecular complexity index is 1430. The summed E-state index contributed by atoms with van der Waals surface area (Å²) in [5, 5.41) is 4.65. The molecule has 3 aromatic rings. The summed E-state index contributed by atoms with van der Waals surface area (Å²) in [5.74, 6) is 0.847. The number of hydrogen-bond donors (Lipinski definition) is 1. The predicted molar refractivity (Wildman–Crippen MR) is 158 cm³/mol. The van der Waals surface area contributed by atoms with Crippen LogP contribution in [0.3, 0.4) is 0 Å². The van der Waals surface area contributed by atoms with E-state index in [4.69, 9.17) is 15.2 Å². The Morgan fingerprint density at radius 3 is 2.70 bits per heavy atom. The third-order valence-electron chi connectivity index (χ3n) is 7.84. The van der Waals surface area contributed by atoms with Crippen LogP contribution in [-0.2, 0) is 14.3 Å². The Morgan fingerprint density at radius 2 is 2.02 bits per heavy atom. The lowest BCUT2D eigenvalue weighted by Crippen LogP contribution is -2.40. The van der Waals surface area contributed by atoms with E-state index in [0.29, 0.717) is 47.7 Å². The van der Waals surface area contributed by atoms with E-state index in [9.17, 15) is 9.59 Å². The van der Waals surface area contributed by atoms with Crippen LogP contribution in [0.4, 0.5) is 11.5 Å². The number of nitrogens with two attached hydrogens (primary N) is 1. The van der Waals surface area contributed by atoms with E-state index in [2.05, 4.69) is 35.2 Å². The first-order valence-corrected chi connectivity index (χ1v) is 14.8. The number of hydrogen-bond acceptors (Lipinski definition) is 8. The Balaban J connectivity index is 1.41. The number of nitrogens with zero attached hydrogens (tertiary/aromatic N) is 4. The first kappa shape index (κ1) is 28.0. The van der Waals surface area contributed by atoms with Crippen molar-refractivity contribution in [3.05, 3.63) is 58.1 Å². The normalized spacial score (nSPS) is 20.9. The number of anilines is 2. The molecule has 0 radical (unpaired) electrons. The highest BCUT2D eigenvalue weighted by Gasteiger charge is 2.32. The SMILES string of the molecule is CCOCCN(C(=O)C1CCC(C)CC1)c1cc(C2=CCC(c3cc4nccc(N)n4n3)C=C2)sc1C(=O)OC. The van der Waals surface area contributed by atoms with Crippen molar-refractivity contribution in [2.24, 2.45) is 11.8 Å². The molecule has 1 unspecified atom stereocenters. The lowest BCUT2D eigenvalue weighted by Gasteiger charge is -2.31. The topological polar surface area (TPSA) is 112 Å². The number of ether oxygens (including phenoxy) is 2. The molecule has 9 nitrogen and oxygen atoms in total. The number of fused-ring (bicyclic) bond motifs is 1. The van der Waals surface area contributed by atoms with E-state index in [0.717, 1.165) is 48.2 Å². The van der Waals surface area contributed by atoms with Crippen LogP contribution < -0.4 is 10.6 Å². The molecule has 0 saturated heterocycles. The average Bonchev–Trinajstić information content (AvgIpc) is 3.61. The molecule has 2 N–H and O–H groups in total. The van der Waals surface area contributed by atoms with Gasteiger partial charge in [-0.2, -0.15) is 9.61 Å². The molecule has 5 rings (SSSR count). The number of carbonyl (C=O) groups excluding carboxylic acids is 2. The van der Waals surface area contributed by atoms with Gasteiger partial charge in [0.05, 0.1) is 25.1 Å². The van der Waals surface area contributed by atoms with Crippen molar-refractivity contribution >= 4 is 45.9 Å². The van der Waals surface area contributed by atoms with Gasteiger partial charge in [0, 0.05) is 42.1 Å². The van der Waals surface area contributed by atoms with Gasteiger partial charge in [-0.3, -0.25) is 4.79 Å². The number of nitrogen functional groups attached to an aromatic ring is 1. The van der Waals surface area contributed by atoms with Gasteiger partial charge in [0.25, 0.3) is 0 Å². The molecule has 3 aromatic heterocycles. The Morgan fingerprint density at radius 1 is 1.23 bits per heavy atom. The van der Waals surface area contributed by atoms with Gasteiger partial charge in [-0.15, -0.1) is 11.3 Å². The van der Waals surface area contributed by atoms with Crippen LogP contribution in [0.5, 0.6) is 0 Å². The molecule has 40 heavy (non-hydrogen) atoms. The van der Waals surface area contributed by atoms with Gasteiger partial charge in [0.1, 0.15) is 10.7 Å². The van der Waals surface area contributed by atoms with Crippen molar-refractivity contribution in [3.8, 4) is 0 Å². The molecule has 2 aliphatic rings. The minimum Gasteiger partial charge on any atom is -0.465 e. The van der Waals surface area contributed by atoms with Gasteiger partial charge in [0.2, 0.25) is 5.91 Å². The molecular formula is C30H37N5O4S. The first-order valence-electron chi connectivity index (χ1n) is 14.0. The molecule has 0 bridgehead atoms. The maximum absolute atomic E-state index is 13.8. The third kappa shape index (κ3) is 5.83. The number of thiophene rings is 1. The molecule has 0 aliphatic heterocycles. The largest absolute Gasteiger partial charge is 0.465 e. The molecular weight excluding hydrogens is 526 g/mol. The number of rotatable bonds is 9. The zero-order chi connectivity index (χ0) is 28.2. The van der Waals surface area contributed by atoms with Gasteiger partial charge in [-0.25, -0.2) is 9.78 Å². The van der Waals surface area contributed by atoms with Gasteiger partial charge in [-0.05, 0) is 62.7 Å². The maximum Gasteiger partial charge on any atom is 0.350 e. The van der Waals surface area contributed by atoms with Gasteiger partial charge >= 0.3 is 5.97 Å². The smallest absolute Gasteiger partial charge is 0.350 e. The van der Waals surface area contributed by atoms with E-state index < -0.39 is 5.97 Å². The van der Waals surface area contributed by atoms with Crippen LogP contribution in [0, 0.1) is 11.8 Å². The summed E-state index contributed by atoms with van der Waals surface area (Å²) >= 11 is 1.36.